The zero-order valence-corrected chi connectivity index (χ0v) is 13.4. The first kappa shape index (κ1) is 15.1. The van der Waals surface area contributed by atoms with Crippen molar-refractivity contribution in [3.8, 4) is 11.3 Å². The Morgan fingerprint density at radius 1 is 0.720 bits per heavy atom. The Bertz CT molecular complexity index is 1110. The van der Waals surface area contributed by atoms with Gasteiger partial charge in [0.1, 0.15) is 0 Å². The molecule has 4 rings (SSSR count). The lowest BCUT2D eigenvalue weighted by Gasteiger charge is -2.11. The normalized spacial score (nSPS) is 10.7. The maximum atomic E-state index is 13.1. The number of aromatic nitrogens is 1. The Morgan fingerprint density at radius 3 is 2.04 bits per heavy atom. The van der Waals surface area contributed by atoms with Gasteiger partial charge in [-0.2, -0.15) is 0 Å². The summed E-state index contributed by atoms with van der Waals surface area (Å²) < 4.78 is 0. The summed E-state index contributed by atoms with van der Waals surface area (Å²) in [6.45, 7) is 0. The van der Waals surface area contributed by atoms with E-state index in [1.54, 1.807) is 36.4 Å². The van der Waals surface area contributed by atoms with Gasteiger partial charge in [-0.1, -0.05) is 72.8 Å². The Hall–Kier alpha value is -3.46. The fourth-order valence-corrected chi connectivity index (χ4v) is 3.01. The standard InChI is InChI=1S/C22H15NO2/c24-21(16-11-5-2-6-12-16)19-20(15-9-3-1-4-10-15)23-18-14-8-7-13-17(18)22(19)25/h1-14H,(H,23,25). The number of hydrogen-bond donors (Lipinski definition) is 1. The van der Waals surface area contributed by atoms with E-state index in [1.807, 2.05) is 48.5 Å². The van der Waals surface area contributed by atoms with E-state index in [0.717, 1.165) is 11.1 Å². The summed E-state index contributed by atoms with van der Waals surface area (Å²) in [5.74, 6) is -0.272. The molecule has 25 heavy (non-hydrogen) atoms. The highest BCUT2D eigenvalue weighted by Crippen LogP contribution is 2.24. The van der Waals surface area contributed by atoms with Crippen molar-refractivity contribution in [2.45, 2.75) is 0 Å². The molecule has 1 aromatic heterocycles. The van der Waals surface area contributed by atoms with Gasteiger partial charge in [-0.15, -0.1) is 0 Å². The van der Waals surface area contributed by atoms with E-state index in [-0.39, 0.29) is 16.8 Å². The molecule has 0 saturated heterocycles. The largest absolute Gasteiger partial charge is 0.354 e. The summed E-state index contributed by atoms with van der Waals surface area (Å²) in [5, 5.41) is 0.515. The lowest BCUT2D eigenvalue weighted by atomic mass is 9.96. The SMILES string of the molecule is O=C(c1ccccc1)c1c(-c2ccccc2)[nH]c2ccccc2c1=O. The van der Waals surface area contributed by atoms with E-state index in [2.05, 4.69) is 4.98 Å². The molecule has 0 saturated carbocycles. The molecule has 120 valence electrons. The first-order valence-corrected chi connectivity index (χ1v) is 8.06. The van der Waals surface area contributed by atoms with Gasteiger partial charge in [-0.05, 0) is 17.7 Å². The molecule has 1 heterocycles. The minimum Gasteiger partial charge on any atom is -0.354 e. The minimum absolute atomic E-state index is 0.177. The Kier molecular flexibility index (Phi) is 3.75. The Labute approximate surface area is 144 Å². The number of para-hydroxylation sites is 1. The Balaban J connectivity index is 2.06. The highest BCUT2D eigenvalue weighted by atomic mass is 16.1. The molecule has 3 aromatic carbocycles. The average molecular weight is 325 g/mol. The summed E-state index contributed by atoms with van der Waals surface area (Å²) in [5.41, 5.74) is 2.51. The van der Waals surface area contributed by atoms with Crippen LogP contribution in [0.3, 0.4) is 0 Å². The van der Waals surface area contributed by atoms with E-state index >= 15 is 0 Å². The van der Waals surface area contributed by atoms with E-state index in [4.69, 9.17) is 0 Å². The van der Waals surface area contributed by atoms with Gasteiger partial charge in [-0.3, -0.25) is 9.59 Å². The van der Waals surface area contributed by atoms with Gasteiger partial charge < -0.3 is 4.98 Å². The molecule has 4 aromatic rings. The predicted molar refractivity (Wildman–Crippen MR) is 99.9 cm³/mol. The molecule has 0 aliphatic heterocycles. The lowest BCUT2D eigenvalue weighted by molar-refractivity contribution is 0.103. The van der Waals surface area contributed by atoms with Crippen LogP contribution in [0.4, 0.5) is 0 Å². The molecule has 0 aliphatic rings. The van der Waals surface area contributed by atoms with E-state index in [0.29, 0.717) is 16.6 Å². The minimum atomic E-state index is -0.272. The monoisotopic (exact) mass is 325 g/mol. The number of pyridine rings is 1. The summed E-state index contributed by atoms with van der Waals surface area (Å²) >= 11 is 0. The third-order valence-electron chi connectivity index (χ3n) is 4.23. The number of aromatic amines is 1. The predicted octanol–water partition coefficient (Wildman–Crippen LogP) is 4.43. The molecule has 0 spiro atoms. The van der Waals surface area contributed by atoms with Crippen molar-refractivity contribution < 1.29 is 4.79 Å². The number of rotatable bonds is 3. The maximum absolute atomic E-state index is 13.1. The fraction of sp³-hybridized carbons (Fsp3) is 0. The zero-order chi connectivity index (χ0) is 17.2. The van der Waals surface area contributed by atoms with Crippen molar-refractivity contribution >= 4 is 16.7 Å². The summed E-state index contributed by atoms with van der Waals surface area (Å²) in [4.78, 5) is 29.5. The number of benzene rings is 3. The van der Waals surface area contributed by atoms with Crippen molar-refractivity contribution in [1.82, 2.24) is 4.98 Å². The number of nitrogens with one attached hydrogen (secondary N) is 1. The number of fused-ring (bicyclic) bond motifs is 1. The van der Waals surface area contributed by atoms with Crippen LogP contribution >= 0.6 is 0 Å². The molecule has 0 fully saturated rings. The van der Waals surface area contributed by atoms with Crippen LogP contribution in [0.25, 0.3) is 22.2 Å². The van der Waals surface area contributed by atoms with Crippen LogP contribution in [0.1, 0.15) is 15.9 Å². The summed E-state index contributed by atoms with van der Waals surface area (Å²) in [6, 6.07) is 25.6. The van der Waals surface area contributed by atoms with Crippen LogP contribution in [0.5, 0.6) is 0 Å². The molecule has 0 bridgehead atoms. The second kappa shape index (κ2) is 6.21. The number of carbonyl (C=O) groups excluding carboxylic acids is 1. The van der Waals surface area contributed by atoms with Gasteiger partial charge in [-0.25, -0.2) is 0 Å². The highest BCUT2D eigenvalue weighted by molar-refractivity contribution is 6.13. The van der Waals surface area contributed by atoms with Gasteiger partial charge >= 0.3 is 0 Å². The molecule has 0 atom stereocenters. The topological polar surface area (TPSA) is 49.9 Å². The number of H-pyrrole nitrogens is 1. The number of hydrogen-bond acceptors (Lipinski definition) is 2. The third-order valence-corrected chi connectivity index (χ3v) is 4.23. The smallest absolute Gasteiger partial charge is 0.201 e. The van der Waals surface area contributed by atoms with Gasteiger partial charge in [0.05, 0.1) is 11.3 Å². The fourth-order valence-electron chi connectivity index (χ4n) is 3.01. The van der Waals surface area contributed by atoms with Crippen LogP contribution < -0.4 is 5.43 Å². The van der Waals surface area contributed by atoms with Gasteiger partial charge in [0.2, 0.25) is 5.43 Å². The average Bonchev–Trinajstić information content (AvgIpc) is 2.69. The second-order valence-corrected chi connectivity index (χ2v) is 5.81. The van der Waals surface area contributed by atoms with Crippen LogP contribution in [0.2, 0.25) is 0 Å². The maximum Gasteiger partial charge on any atom is 0.201 e. The molecule has 0 amide bonds. The van der Waals surface area contributed by atoms with Crippen molar-refractivity contribution in [2.75, 3.05) is 0 Å². The van der Waals surface area contributed by atoms with Gasteiger partial charge in [0, 0.05) is 16.5 Å². The Morgan fingerprint density at radius 2 is 1.32 bits per heavy atom. The lowest BCUT2D eigenvalue weighted by Crippen LogP contribution is -2.19. The highest BCUT2D eigenvalue weighted by Gasteiger charge is 2.21. The first-order valence-electron chi connectivity index (χ1n) is 8.06. The molecule has 0 radical (unpaired) electrons. The zero-order valence-electron chi connectivity index (χ0n) is 13.4. The summed E-state index contributed by atoms with van der Waals surface area (Å²) in [6.07, 6.45) is 0. The van der Waals surface area contributed by atoms with Gasteiger partial charge in [0.15, 0.2) is 5.78 Å². The number of carbonyl (C=O) groups is 1. The first-order chi connectivity index (χ1) is 12.3. The molecule has 0 unspecified atom stereocenters. The van der Waals surface area contributed by atoms with Crippen LogP contribution in [0.15, 0.2) is 89.7 Å². The molecule has 1 N–H and O–H groups in total. The molecular weight excluding hydrogens is 310 g/mol. The quantitative estimate of drug-likeness (QED) is 0.567. The molecular formula is C22H15NO2. The van der Waals surface area contributed by atoms with E-state index in [9.17, 15) is 9.59 Å². The van der Waals surface area contributed by atoms with Crippen LogP contribution in [-0.4, -0.2) is 10.8 Å². The second-order valence-electron chi connectivity index (χ2n) is 5.81. The number of ketones is 1. The van der Waals surface area contributed by atoms with Crippen LogP contribution in [0, 0.1) is 0 Å². The van der Waals surface area contributed by atoms with Crippen molar-refractivity contribution in [3.63, 3.8) is 0 Å². The van der Waals surface area contributed by atoms with E-state index < -0.39 is 0 Å². The van der Waals surface area contributed by atoms with Gasteiger partial charge in [0.25, 0.3) is 0 Å². The third kappa shape index (κ3) is 2.66. The molecule has 3 heteroatoms. The molecule has 0 aliphatic carbocycles. The van der Waals surface area contributed by atoms with Crippen molar-refractivity contribution in [2.24, 2.45) is 0 Å². The van der Waals surface area contributed by atoms with Crippen molar-refractivity contribution in [1.29, 1.82) is 0 Å². The van der Waals surface area contributed by atoms with Crippen molar-refractivity contribution in [3.05, 3.63) is 106 Å². The molecule has 3 nitrogen and oxygen atoms in total. The van der Waals surface area contributed by atoms with E-state index in [1.165, 1.54) is 0 Å². The summed E-state index contributed by atoms with van der Waals surface area (Å²) in [7, 11) is 0. The van der Waals surface area contributed by atoms with Crippen LogP contribution in [-0.2, 0) is 0 Å².